The molecule has 7 nitrogen and oxygen atoms in total. The summed E-state index contributed by atoms with van der Waals surface area (Å²) in [6.45, 7) is 1.89. The number of aliphatic hydroxyl groups excluding tert-OH is 1. The Labute approximate surface area is 126 Å². The molecule has 3 rings (SSSR count). The van der Waals surface area contributed by atoms with Gasteiger partial charge in [-0.3, -0.25) is 9.59 Å². The molecule has 1 fully saturated rings. The van der Waals surface area contributed by atoms with Crippen LogP contribution in [0.25, 0.3) is 10.8 Å². The molecule has 7 heteroatoms. The summed E-state index contributed by atoms with van der Waals surface area (Å²) in [5.74, 6) is -0.373. The number of benzene rings is 1. The Morgan fingerprint density at radius 3 is 2.77 bits per heavy atom. The molecule has 3 N–H and O–H groups in total. The Bertz CT molecular complexity index is 784. The van der Waals surface area contributed by atoms with Gasteiger partial charge in [-0.2, -0.15) is 5.10 Å². The fraction of sp³-hybridized carbons (Fsp3) is 0.400. The highest BCUT2D eigenvalue weighted by molar-refractivity contribution is 6.04. The minimum absolute atomic E-state index is 0.0287. The molecule has 1 saturated heterocycles. The average molecular weight is 303 g/mol. The van der Waals surface area contributed by atoms with Crippen molar-refractivity contribution in [2.45, 2.75) is 25.0 Å². The number of piperidine rings is 1. The molecule has 1 aromatic heterocycles. The number of hydrogen-bond acceptors (Lipinski definition) is 5. The van der Waals surface area contributed by atoms with Crippen molar-refractivity contribution >= 4 is 16.7 Å². The molecule has 1 amide bonds. The lowest BCUT2D eigenvalue weighted by molar-refractivity contribution is -0.0999. The number of likely N-dealkylation sites (tertiary alicyclic amines) is 1. The zero-order valence-corrected chi connectivity index (χ0v) is 12.1. The van der Waals surface area contributed by atoms with E-state index in [2.05, 4.69) is 10.2 Å². The predicted molar refractivity (Wildman–Crippen MR) is 79.5 cm³/mol. The zero-order chi connectivity index (χ0) is 15.9. The van der Waals surface area contributed by atoms with Gasteiger partial charge in [0.2, 0.25) is 0 Å². The van der Waals surface area contributed by atoms with Crippen LogP contribution in [0.2, 0.25) is 0 Å². The number of nitrogens with zero attached hydrogens (tertiary/aromatic N) is 2. The fourth-order valence-electron chi connectivity index (χ4n) is 2.64. The number of aromatic amines is 1. The summed E-state index contributed by atoms with van der Waals surface area (Å²) in [5.41, 5.74) is -1.41. The number of rotatable bonds is 1. The molecule has 1 aliphatic heterocycles. The van der Waals surface area contributed by atoms with Gasteiger partial charge in [-0.25, -0.2) is 5.10 Å². The topological polar surface area (TPSA) is 107 Å². The number of H-pyrrole nitrogens is 1. The van der Waals surface area contributed by atoms with Crippen molar-refractivity contribution in [3.8, 4) is 0 Å². The van der Waals surface area contributed by atoms with Crippen LogP contribution < -0.4 is 5.56 Å². The van der Waals surface area contributed by atoms with E-state index in [1.165, 1.54) is 4.90 Å². The number of nitrogens with one attached hydrogen (secondary N) is 1. The molecule has 1 aliphatic rings. The maximum atomic E-state index is 12.6. The van der Waals surface area contributed by atoms with Gasteiger partial charge in [0.05, 0.1) is 17.1 Å². The van der Waals surface area contributed by atoms with Crippen LogP contribution in [0.4, 0.5) is 0 Å². The second-order valence-electron chi connectivity index (χ2n) is 5.82. The molecule has 2 atom stereocenters. The van der Waals surface area contributed by atoms with Crippen molar-refractivity contribution in [1.82, 2.24) is 15.1 Å². The largest absolute Gasteiger partial charge is 0.388 e. The first-order valence-corrected chi connectivity index (χ1v) is 7.07. The smallest absolute Gasteiger partial charge is 0.275 e. The summed E-state index contributed by atoms with van der Waals surface area (Å²) in [6, 6.07) is 6.74. The minimum atomic E-state index is -1.20. The molecule has 0 saturated carbocycles. The van der Waals surface area contributed by atoms with Gasteiger partial charge in [-0.05, 0) is 19.4 Å². The minimum Gasteiger partial charge on any atom is -0.388 e. The van der Waals surface area contributed by atoms with Gasteiger partial charge >= 0.3 is 0 Å². The highest BCUT2D eigenvalue weighted by Crippen LogP contribution is 2.24. The van der Waals surface area contributed by atoms with Crippen LogP contribution in [-0.2, 0) is 0 Å². The van der Waals surface area contributed by atoms with E-state index in [1.807, 2.05) is 0 Å². The van der Waals surface area contributed by atoms with Crippen molar-refractivity contribution in [3.63, 3.8) is 0 Å². The number of aromatic nitrogens is 2. The van der Waals surface area contributed by atoms with Crippen LogP contribution in [0.15, 0.2) is 29.1 Å². The van der Waals surface area contributed by atoms with Gasteiger partial charge in [0.1, 0.15) is 0 Å². The van der Waals surface area contributed by atoms with E-state index < -0.39 is 11.7 Å². The standard InChI is InChI=1S/C15H17N3O4/c1-15(22)6-7-18(8-11(15)19)14(21)12-9-4-2-3-5-10(9)13(20)17-16-12/h2-5,11,19,22H,6-8H2,1H3,(H,17,20)/t11-,15+/m0/s1. The summed E-state index contributed by atoms with van der Waals surface area (Å²) in [7, 11) is 0. The van der Waals surface area contributed by atoms with Crippen molar-refractivity contribution in [2.24, 2.45) is 0 Å². The summed E-state index contributed by atoms with van der Waals surface area (Å²) in [6.07, 6.45) is -0.736. The lowest BCUT2D eigenvalue weighted by Gasteiger charge is -2.39. The van der Waals surface area contributed by atoms with E-state index in [-0.39, 0.29) is 30.1 Å². The van der Waals surface area contributed by atoms with Gasteiger partial charge in [0.15, 0.2) is 5.69 Å². The zero-order valence-electron chi connectivity index (χ0n) is 12.1. The van der Waals surface area contributed by atoms with E-state index in [0.717, 1.165) is 0 Å². The summed E-state index contributed by atoms with van der Waals surface area (Å²) in [4.78, 5) is 25.8. The Balaban J connectivity index is 1.97. The van der Waals surface area contributed by atoms with E-state index in [0.29, 0.717) is 17.3 Å². The highest BCUT2D eigenvalue weighted by Gasteiger charge is 2.38. The Morgan fingerprint density at radius 1 is 1.41 bits per heavy atom. The van der Waals surface area contributed by atoms with Crippen LogP contribution in [0.1, 0.15) is 23.8 Å². The van der Waals surface area contributed by atoms with Crippen LogP contribution in [0.3, 0.4) is 0 Å². The van der Waals surface area contributed by atoms with Crippen LogP contribution in [0.5, 0.6) is 0 Å². The monoisotopic (exact) mass is 303 g/mol. The van der Waals surface area contributed by atoms with Crippen molar-refractivity contribution in [2.75, 3.05) is 13.1 Å². The van der Waals surface area contributed by atoms with Crippen molar-refractivity contribution in [3.05, 3.63) is 40.3 Å². The number of aliphatic hydroxyl groups is 2. The molecule has 0 spiro atoms. The van der Waals surface area contributed by atoms with Gasteiger partial charge in [0.25, 0.3) is 11.5 Å². The van der Waals surface area contributed by atoms with E-state index in [4.69, 9.17) is 0 Å². The third-order valence-corrected chi connectivity index (χ3v) is 4.18. The second-order valence-corrected chi connectivity index (χ2v) is 5.82. The molecule has 22 heavy (non-hydrogen) atoms. The molecule has 2 aromatic rings. The third-order valence-electron chi connectivity index (χ3n) is 4.18. The molecule has 0 bridgehead atoms. The maximum Gasteiger partial charge on any atom is 0.275 e. The van der Waals surface area contributed by atoms with Crippen molar-refractivity contribution < 1.29 is 15.0 Å². The Hall–Kier alpha value is -2.25. The van der Waals surface area contributed by atoms with Gasteiger partial charge in [-0.15, -0.1) is 0 Å². The molecule has 0 radical (unpaired) electrons. The highest BCUT2D eigenvalue weighted by atomic mass is 16.3. The first-order chi connectivity index (χ1) is 10.4. The summed E-state index contributed by atoms with van der Waals surface area (Å²) in [5, 5.41) is 27.0. The maximum absolute atomic E-state index is 12.6. The van der Waals surface area contributed by atoms with Crippen LogP contribution in [-0.4, -0.2) is 56.0 Å². The lowest BCUT2D eigenvalue weighted by atomic mass is 9.90. The first kappa shape index (κ1) is 14.7. The van der Waals surface area contributed by atoms with Crippen LogP contribution in [0, 0.1) is 0 Å². The van der Waals surface area contributed by atoms with Gasteiger partial charge < -0.3 is 15.1 Å². The Morgan fingerprint density at radius 2 is 2.09 bits per heavy atom. The molecular weight excluding hydrogens is 286 g/mol. The molecule has 2 heterocycles. The number of fused-ring (bicyclic) bond motifs is 1. The molecule has 116 valence electrons. The SMILES string of the molecule is C[C@@]1(O)CCN(C(=O)c2n[nH]c(=O)c3ccccc23)C[C@@H]1O. The van der Waals surface area contributed by atoms with E-state index in [1.54, 1.807) is 31.2 Å². The number of carbonyl (C=O) groups is 1. The number of amides is 1. The number of β-amino-alcohol motifs (C(OH)–C–C–N with tert-alkyl or cyclic N) is 1. The summed E-state index contributed by atoms with van der Waals surface area (Å²) >= 11 is 0. The third kappa shape index (κ3) is 2.38. The van der Waals surface area contributed by atoms with Gasteiger partial charge in [-0.1, -0.05) is 18.2 Å². The fourth-order valence-corrected chi connectivity index (χ4v) is 2.64. The number of hydrogen-bond donors (Lipinski definition) is 3. The molecule has 0 aliphatic carbocycles. The average Bonchev–Trinajstić information content (AvgIpc) is 2.50. The van der Waals surface area contributed by atoms with Crippen molar-refractivity contribution in [1.29, 1.82) is 0 Å². The van der Waals surface area contributed by atoms with Crippen LogP contribution >= 0.6 is 0 Å². The Kier molecular flexibility index (Phi) is 3.46. The second kappa shape index (κ2) is 5.19. The van der Waals surface area contributed by atoms with E-state index in [9.17, 15) is 19.8 Å². The lowest BCUT2D eigenvalue weighted by Crippen LogP contribution is -2.55. The van der Waals surface area contributed by atoms with E-state index >= 15 is 0 Å². The normalized spacial score (nSPS) is 25.4. The predicted octanol–water partition coefficient (Wildman–Crippen LogP) is -0.119. The summed E-state index contributed by atoms with van der Waals surface area (Å²) < 4.78 is 0. The first-order valence-electron chi connectivity index (χ1n) is 7.07. The quantitative estimate of drug-likeness (QED) is 0.681. The molecular formula is C15H17N3O4. The van der Waals surface area contributed by atoms with Gasteiger partial charge in [0, 0.05) is 18.5 Å². The molecule has 1 aromatic carbocycles. The molecule has 0 unspecified atom stereocenters. The number of carbonyl (C=O) groups excluding carboxylic acids is 1.